The highest BCUT2D eigenvalue weighted by Crippen LogP contribution is 2.22. The number of benzene rings is 1. The number of rotatable bonds is 6. The lowest BCUT2D eigenvalue weighted by molar-refractivity contribution is 0.112. The number of hydrogen-bond donors (Lipinski definition) is 2. The Balaban J connectivity index is 2.27. The number of nitrogens with zero attached hydrogens (tertiary/aromatic N) is 1. The second-order valence-electron chi connectivity index (χ2n) is 4.22. The molecule has 1 heterocycles. The van der Waals surface area contributed by atoms with Crippen LogP contribution in [0.25, 0.3) is 10.9 Å². The van der Waals surface area contributed by atoms with Crippen molar-refractivity contribution in [3.8, 4) is 0 Å². The van der Waals surface area contributed by atoms with E-state index in [2.05, 4.69) is 17.3 Å². The van der Waals surface area contributed by atoms with Gasteiger partial charge in [-0.3, -0.25) is 16.3 Å². The number of hydrazine groups is 1. The van der Waals surface area contributed by atoms with Gasteiger partial charge in [0, 0.05) is 18.2 Å². The molecular formula is C14H19N3O. The van der Waals surface area contributed by atoms with Gasteiger partial charge in [-0.2, -0.15) is 0 Å². The van der Waals surface area contributed by atoms with Crippen LogP contribution in [0.5, 0.6) is 0 Å². The lowest BCUT2D eigenvalue weighted by Gasteiger charge is -2.17. The number of hydrogen-bond acceptors (Lipinski definition) is 4. The maximum Gasteiger partial charge on any atom is 0.0751 e. The third kappa shape index (κ3) is 2.85. The summed E-state index contributed by atoms with van der Waals surface area (Å²) in [6.07, 6.45) is 2.80. The van der Waals surface area contributed by atoms with Crippen molar-refractivity contribution in [2.75, 3.05) is 13.2 Å². The van der Waals surface area contributed by atoms with E-state index >= 15 is 0 Å². The van der Waals surface area contributed by atoms with E-state index < -0.39 is 0 Å². The van der Waals surface area contributed by atoms with Gasteiger partial charge in [0.2, 0.25) is 0 Å². The molecule has 1 aromatic carbocycles. The minimum Gasteiger partial charge on any atom is -0.379 e. The summed E-state index contributed by atoms with van der Waals surface area (Å²) >= 11 is 0. The Morgan fingerprint density at radius 1 is 1.33 bits per heavy atom. The molecule has 4 heteroatoms. The summed E-state index contributed by atoms with van der Waals surface area (Å²) < 4.78 is 5.57. The van der Waals surface area contributed by atoms with Crippen LogP contribution in [0.15, 0.2) is 36.5 Å². The third-order valence-electron chi connectivity index (χ3n) is 2.87. The molecule has 0 spiro atoms. The van der Waals surface area contributed by atoms with Crippen LogP contribution in [-0.4, -0.2) is 18.2 Å². The van der Waals surface area contributed by atoms with Gasteiger partial charge in [-0.05, 0) is 18.1 Å². The van der Waals surface area contributed by atoms with Gasteiger partial charge >= 0.3 is 0 Å². The quantitative estimate of drug-likeness (QED) is 0.465. The molecule has 0 bridgehead atoms. The van der Waals surface area contributed by atoms with Crippen LogP contribution in [0.2, 0.25) is 0 Å². The molecule has 96 valence electrons. The van der Waals surface area contributed by atoms with Crippen LogP contribution in [-0.2, 0) is 4.74 Å². The number of para-hydroxylation sites is 1. The van der Waals surface area contributed by atoms with Gasteiger partial charge in [-0.1, -0.05) is 31.2 Å². The van der Waals surface area contributed by atoms with Crippen LogP contribution < -0.4 is 11.3 Å². The molecule has 2 rings (SSSR count). The molecule has 3 N–H and O–H groups in total. The normalized spacial score (nSPS) is 12.8. The van der Waals surface area contributed by atoms with Gasteiger partial charge in [0.25, 0.3) is 0 Å². The predicted molar refractivity (Wildman–Crippen MR) is 72.9 cm³/mol. The summed E-state index contributed by atoms with van der Waals surface area (Å²) in [6, 6.07) is 10.1. The summed E-state index contributed by atoms with van der Waals surface area (Å²) in [4.78, 5) is 4.43. The van der Waals surface area contributed by atoms with E-state index in [0.717, 1.165) is 29.5 Å². The number of nitrogens with one attached hydrogen (secondary N) is 1. The SMILES string of the molecule is CCCOCC(NN)c1cccc2cccnc12. The standard InChI is InChI=1S/C14H19N3O/c1-2-9-18-10-13(17-15)12-7-3-5-11-6-4-8-16-14(11)12/h3-8,13,17H,2,9-10,15H2,1H3. The Bertz CT molecular complexity index is 496. The monoisotopic (exact) mass is 245 g/mol. The van der Waals surface area contributed by atoms with Crippen molar-refractivity contribution in [2.45, 2.75) is 19.4 Å². The molecule has 0 saturated carbocycles. The molecule has 0 amide bonds. The largest absolute Gasteiger partial charge is 0.379 e. The van der Waals surface area contributed by atoms with Gasteiger partial charge < -0.3 is 4.74 Å². The van der Waals surface area contributed by atoms with E-state index in [4.69, 9.17) is 10.6 Å². The average molecular weight is 245 g/mol. The minimum atomic E-state index is -0.0323. The Morgan fingerprint density at radius 3 is 2.94 bits per heavy atom. The zero-order valence-electron chi connectivity index (χ0n) is 10.6. The van der Waals surface area contributed by atoms with Crippen LogP contribution in [0.1, 0.15) is 24.9 Å². The maximum atomic E-state index is 5.62. The van der Waals surface area contributed by atoms with Gasteiger partial charge in [0.1, 0.15) is 0 Å². The summed E-state index contributed by atoms with van der Waals surface area (Å²) in [5, 5.41) is 1.12. The van der Waals surface area contributed by atoms with E-state index in [9.17, 15) is 0 Å². The number of pyridine rings is 1. The second-order valence-corrected chi connectivity index (χ2v) is 4.22. The van der Waals surface area contributed by atoms with Crippen LogP contribution in [0.3, 0.4) is 0 Å². The van der Waals surface area contributed by atoms with Crippen LogP contribution in [0.4, 0.5) is 0 Å². The fraction of sp³-hybridized carbons (Fsp3) is 0.357. The van der Waals surface area contributed by atoms with Crippen LogP contribution in [0, 0.1) is 0 Å². The molecule has 1 unspecified atom stereocenters. The molecule has 1 aromatic heterocycles. The Hall–Kier alpha value is -1.49. The van der Waals surface area contributed by atoms with Crippen molar-refractivity contribution >= 4 is 10.9 Å². The Morgan fingerprint density at radius 2 is 2.17 bits per heavy atom. The Labute approximate surface area is 107 Å². The average Bonchev–Trinajstić information content (AvgIpc) is 2.43. The van der Waals surface area contributed by atoms with Crippen molar-refractivity contribution in [1.29, 1.82) is 0 Å². The van der Waals surface area contributed by atoms with Gasteiger partial charge in [-0.25, -0.2) is 0 Å². The lowest BCUT2D eigenvalue weighted by Crippen LogP contribution is -2.31. The molecule has 0 aliphatic carbocycles. The second kappa shape index (κ2) is 6.44. The zero-order chi connectivity index (χ0) is 12.8. The van der Waals surface area contributed by atoms with Gasteiger partial charge in [-0.15, -0.1) is 0 Å². The molecule has 4 nitrogen and oxygen atoms in total. The van der Waals surface area contributed by atoms with E-state index in [1.54, 1.807) is 6.20 Å². The van der Waals surface area contributed by atoms with Crippen molar-refractivity contribution in [3.63, 3.8) is 0 Å². The Kier molecular flexibility index (Phi) is 4.64. The topological polar surface area (TPSA) is 60.2 Å². The first-order valence-electron chi connectivity index (χ1n) is 6.24. The number of fused-ring (bicyclic) bond motifs is 1. The van der Waals surface area contributed by atoms with Crippen LogP contribution >= 0.6 is 0 Å². The van der Waals surface area contributed by atoms with E-state index in [1.165, 1.54) is 0 Å². The lowest BCUT2D eigenvalue weighted by atomic mass is 10.0. The van der Waals surface area contributed by atoms with E-state index in [-0.39, 0.29) is 6.04 Å². The minimum absolute atomic E-state index is 0.0323. The number of nitrogens with two attached hydrogens (primary N) is 1. The highest BCUT2D eigenvalue weighted by Gasteiger charge is 2.13. The smallest absolute Gasteiger partial charge is 0.0751 e. The predicted octanol–water partition coefficient (Wildman–Crippen LogP) is 2.17. The molecule has 0 saturated heterocycles. The molecule has 1 atom stereocenters. The fourth-order valence-corrected chi connectivity index (χ4v) is 1.98. The van der Waals surface area contributed by atoms with Crippen molar-refractivity contribution in [3.05, 3.63) is 42.1 Å². The first-order chi connectivity index (χ1) is 8.86. The molecular weight excluding hydrogens is 226 g/mol. The van der Waals surface area contributed by atoms with Gasteiger partial charge in [0.05, 0.1) is 18.2 Å². The van der Waals surface area contributed by atoms with Crippen molar-refractivity contribution < 1.29 is 4.74 Å². The summed E-state index contributed by atoms with van der Waals surface area (Å²) in [7, 11) is 0. The van der Waals surface area contributed by atoms with Crippen molar-refractivity contribution in [1.82, 2.24) is 10.4 Å². The summed E-state index contributed by atoms with van der Waals surface area (Å²) in [5.41, 5.74) is 4.86. The van der Waals surface area contributed by atoms with E-state index in [0.29, 0.717) is 6.61 Å². The highest BCUT2D eigenvalue weighted by molar-refractivity contribution is 5.81. The van der Waals surface area contributed by atoms with Crippen molar-refractivity contribution in [2.24, 2.45) is 5.84 Å². The molecule has 18 heavy (non-hydrogen) atoms. The molecule has 0 aliphatic heterocycles. The molecule has 2 aromatic rings. The first kappa shape index (κ1) is 13.0. The third-order valence-corrected chi connectivity index (χ3v) is 2.87. The number of ether oxygens (including phenoxy) is 1. The molecule has 0 fully saturated rings. The molecule has 0 radical (unpaired) electrons. The number of aromatic nitrogens is 1. The summed E-state index contributed by atoms with van der Waals surface area (Å²) in [5.74, 6) is 5.62. The zero-order valence-corrected chi connectivity index (χ0v) is 10.6. The highest BCUT2D eigenvalue weighted by atomic mass is 16.5. The maximum absolute atomic E-state index is 5.62. The van der Waals surface area contributed by atoms with E-state index in [1.807, 2.05) is 30.3 Å². The fourth-order valence-electron chi connectivity index (χ4n) is 1.98. The molecule has 0 aliphatic rings. The first-order valence-corrected chi connectivity index (χ1v) is 6.24. The summed E-state index contributed by atoms with van der Waals surface area (Å²) in [6.45, 7) is 3.39. The van der Waals surface area contributed by atoms with Gasteiger partial charge in [0.15, 0.2) is 0 Å².